The van der Waals surface area contributed by atoms with Crippen LogP contribution in [0.1, 0.15) is 65.2 Å². The highest BCUT2D eigenvalue weighted by molar-refractivity contribution is 7.18. The number of benzene rings is 1. The molecule has 0 spiro atoms. The second-order valence-corrected chi connectivity index (χ2v) is 14.6. The van der Waals surface area contributed by atoms with Crippen LogP contribution >= 0.6 is 22.9 Å². The molecule has 2 bridgehead atoms. The monoisotopic (exact) mass is 716 g/mol. The number of fused-ring (bicyclic) bond motifs is 4. The number of carboxylic acid groups (broad SMARTS) is 1. The second kappa shape index (κ2) is 12.7. The molecule has 260 valence electrons. The van der Waals surface area contributed by atoms with Gasteiger partial charge in [0, 0.05) is 70.9 Å². The minimum atomic E-state index is -4.44. The average Bonchev–Trinajstić information content (AvgIpc) is 3.60. The zero-order chi connectivity index (χ0) is 34.8. The number of carbonyl (C=O) groups is 1. The molecule has 0 amide bonds. The Labute approximate surface area is 289 Å². The molecule has 7 rings (SSSR count). The molecule has 3 aliphatic rings. The Kier molecular flexibility index (Phi) is 8.78. The largest absolute Gasteiger partial charge is 0.491 e. The van der Waals surface area contributed by atoms with Crippen LogP contribution in [0.2, 0.25) is 5.02 Å². The summed E-state index contributed by atoms with van der Waals surface area (Å²) >= 11 is 7.69. The lowest BCUT2D eigenvalue weighted by atomic mass is 9.82. The van der Waals surface area contributed by atoms with Crippen molar-refractivity contribution in [2.45, 2.75) is 95.2 Å². The number of hydrogen-bond donors (Lipinski definition) is 1. The summed E-state index contributed by atoms with van der Waals surface area (Å²) in [5, 5.41) is 11.7. The standard InChI is InChI=1S/C35H36ClF3N4O5S/c1-18-12-25(31-30(40-18)27(17-49-31)33(45)46)24-13-20(36)4-9-29(24)48-11-10-42-19(2)41-28-8-7-21(14-26(28)32(42)44)43-22-5-6-23(43)16-34(15-22,47-3)35(37,38)39/h4,9,12-13,17,21-23H,5-8,10-11,14-16H2,1-3H3,(H,45,46)/t21-,22?,23?,34?/m1/s1. The molecule has 1 aliphatic carbocycles. The summed E-state index contributed by atoms with van der Waals surface area (Å²) in [6, 6.07) is 6.57. The number of aromatic carboxylic acids is 1. The number of halogens is 4. The minimum Gasteiger partial charge on any atom is -0.491 e. The molecular weight excluding hydrogens is 681 g/mol. The van der Waals surface area contributed by atoms with E-state index in [-0.39, 0.29) is 55.2 Å². The van der Waals surface area contributed by atoms with E-state index in [1.165, 1.54) is 11.3 Å². The van der Waals surface area contributed by atoms with Gasteiger partial charge in [0.1, 0.15) is 18.2 Å². The third kappa shape index (κ3) is 5.92. The molecule has 2 fully saturated rings. The summed E-state index contributed by atoms with van der Waals surface area (Å²) in [6.07, 6.45) is -1.46. The first-order valence-electron chi connectivity index (χ1n) is 16.3. The summed E-state index contributed by atoms with van der Waals surface area (Å²) in [4.78, 5) is 37.3. The van der Waals surface area contributed by atoms with E-state index < -0.39 is 17.7 Å². The summed E-state index contributed by atoms with van der Waals surface area (Å²) < 4.78 is 56.0. The Hall–Kier alpha value is -3.52. The minimum absolute atomic E-state index is 0.0360. The molecule has 2 unspecified atom stereocenters. The number of ether oxygens (including phenoxy) is 2. The predicted octanol–water partition coefficient (Wildman–Crippen LogP) is 7.00. The molecule has 1 aromatic carbocycles. The van der Waals surface area contributed by atoms with Gasteiger partial charge < -0.3 is 14.6 Å². The lowest BCUT2D eigenvalue weighted by Crippen LogP contribution is -2.61. The number of rotatable bonds is 8. The quantitative estimate of drug-likeness (QED) is 0.208. The molecule has 3 atom stereocenters. The Bertz CT molecular complexity index is 2000. The molecule has 0 saturated carbocycles. The zero-order valence-electron chi connectivity index (χ0n) is 27.3. The highest BCUT2D eigenvalue weighted by atomic mass is 35.5. The van der Waals surface area contributed by atoms with Crippen molar-refractivity contribution in [1.82, 2.24) is 19.4 Å². The molecule has 49 heavy (non-hydrogen) atoms. The Balaban J connectivity index is 1.11. The third-order valence-electron chi connectivity index (χ3n) is 10.5. The van der Waals surface area contributed by atoms with Crippen LogP contribution < -0.4 is 10.3 Å². The number of hydrogen-bond acceptors (Lipinski definition) is 8. The third-order valence-corrected chi connectivity index (χ3v) is 11.8. The Morgan fingerprint density at radius 2 is 1.84 bits per heavy atom. The van der Waals surface area contributed by atoms with Crippen molar-refractivity contribution in [3.05, 3.63) is 73.4 Å². The number of piperidine rings is 1. The number of aromatic nitrogens is 3. The lowest BCUT2D eigenvalue weighted by molar-refractivity contribution is -0.290. The van der Waals surface area contributed by atoms with Gasteiger partial charge in [0.2, 0.25) is 0 Å². The molecule has 1 N–H and O–H groups in total. The first-order valence-corrected chi connectivity index (χ1v) is 17.6. The van der Waals surface area contributed by atoms with Crippen LogP contribution in [0, 0.1) is 13.8 Å². The highest BCUT2D eigenvalue weighted by Gasteiger charge is 2.62. The fourth-order valence-electron chi connectivity index (χ4n) is 8.25. The summed E-state index contributed by atoms with van der Waals surface area (Å²) in [6.45, 7) is 3.96. The van der Waals surface area contributed by atoms with Crippen molar-refractivity contribution in [3.63, 3.8) is 0 Å². The number of thiophene rings is 1. The number of nitrogens with zero attached hydrogens (tertiary/aromatic N) is 4. The van der Waals surface area contributed by atoms with Gasteiger partial charge in [0.25, 0.3) is 5.56 Å². The van der Waals surface area contributed by atoms with Crippen LogP contribution in [-0.2, 0) is 24.1 Å². The molecule has 2 aliphatic heterocycles. The molecule has 14 heteroatoms. The van der Waals surface area contributed by atoms with Crippen LogP contribution in [-0.4, -0.2) is 74.1 Å². The molecule has 4 aromatic rings. The van der Waals surface area contributed by atoms with Gasteiger partial charge in [0.05, 0.1) is 28.0 Å². The van der Waals surface area contributed by atoms with Crippen LogP contribution in [0.3, 0.4) is 0 Å². The van der Waals surface area contributed by atoms with Gasteiger partial charge >= 0.3 is 12.1 Å². The fraction of sp³-hybridized carbons (Fsp3) is 0.486. The highest BCUT2D eigenvalue weighted by Crippen LogP contribution is 2.51. The Morgan fingerprint density at radius 3 is 2.51 bits per heavy atom. The summed E-state index contributed by atoms with van der Waals surface area (Å²) in [7, 11) is 1.16. The van der Waals surface area contributed by atoms with E-state index in [0.29, 0.717) is 69.3 Å². The maximum absolute atomic E-state index is 14.1. The first kappa shape index (κ1) is 34.0. The van der Waals surface area contributed by atoms with Gasteiger partial charge in [-0.3, -0.25) is 19.2 Å². The van der Waals surface area contributed by atoms with E-state index in [2.05, 4.69) is 9.88 Å². The molecule has 9 nitrogen and oxygen atoms in total. The van der Waals surface area contributed by atoms with E-state index in [0.717, 1.165) is 24.8 Å². The van der Waals surface area contributed by atoms with Crippen molar-refractivity contribution < 1.29 is 32.5 Å². The van der Waals surface area contributed by atoms with Gasteiger partial charge in [0.15, 0.2) is 5.60 Å². The van der Waals surface area contributed by atoms with Crippen LogP contribution in [0.4, 0.5) is 13.2 Å². The first-order chi connectivity index (χ1) is 23.3. The predicted molar refractivity (Wildman–Crippen MR) is 180 cm³/mol. The number of carboxylic acids is 1. The maximum Gasteiger partial charge on any atom is 0.417 e. The molecular formula is C35H36ClF3N4O5S. The van der Waals surface area contributed by atoms with Gasteiger partial charge in [-0.2, -0.15) is 13.2 Å². The van der Waals surface area contributed by atoms with E-state index in [1.54, 1.807) is 42.0 Å². The summed E-state index contributed by atoms with van der Waals surface area (Å²) in [5.74, 6) is 0.0350. The van der Waals surface area contributed by atoms with Crippen LogP contribution in [0.15, 0.2) is 34.4 Å². The average molecular weight is 717 g/mol. The zero-order valence-corrected chi connectivity index (χ0v) is 28.8. The maximum atomic E-state index is 14.1. The second-order valence-electron chi connectivity index (χ2n) is 13.3. The van der Waals surface area contributed by atoms with E-state index in [9.17, 15) is 27.9 Å². The van der Waals surface area contributed by atoms with Crippen LogP contribution in [0.25, 0.3) is 21.3 Å². The van der Waals surface area contributed by atoms with E-state index in [4.69, 9.17) is 26.1 Å². The molecule has 3 aromatic heterocycles. The number of methoxy groups -OCH3 is 1. The Morgan fingerprint density at radius 1 is 1.10 bits per heavy atom. The van der Waals surface area contributed by atoms with E-state index in [1.807, 2.05) is 6.07 Å². The van der Waals surface area contributed by atoms with E-state index >= 15 is 0 Å². The number of aryl methyl sites for hydroxylation is 3. The van der Waals surface area contributed by atoms with Gasteiger partial charge in [-0.05, 0) is 70.2 Å². The van der Waals surface area contributed by atoms with Crippen molar-refractivity contribution in [2.24, 2.45) is 0 Å². The van der Waals surface area contributed by atoms with Crippen molar-refractivity contribution in [1.29, 1.82) is 0 Å². The SMILES string of the molecule is COC1(C(F)(F)F)CC2CCC(C1)N2[C@@H]1CCc2nc(C)n(CCOc3ccc(Cl)cc3-c3cc(C)nc4c(C(=O)O)csc34)c(=O)c2C1. The molecule has 0 radical (unpaired) electrons. The molecule has 2 saturated heterocycles. The van der Waals surface area contributed by atoms with Crippen molar-refractivity contribution in [2.75, 3.05) is 13.7 Å². The van der Waals surface area contributed by atoms with Gasteiger partial charge in [-0.25, -0.2) is 9.78 Å². The lowest BCUT2D eigenvalue weighted by Gasteiger charge is -2.49. The smallest absolute Gasteiger partial charge is 0.417 e. The van der Waals surface area contributed by atoms with Crippen molar-refractivity contribution in [3.8, 4) is 16.9 Å². The summed E-state index contributed by atoms with van der Waals surface area (Å²) in [5.41, 5.74) is 1.71. The molecule has 5 heterocycles. The van der Waals surface area contributed by atoms with Gasteiger partial charge in [-0.1, -0.05) is 11.6 Å². The number of pyridine rings is 1. The van der Waals surface area contributed by atoms with Gasteiger partial charge in [-0.15, -0.1) is 11.3 Å². The van der Waals surface area contributed by atoms with Crippen molar-refractivity contribution >= 4 is 39.1 Å². The van der Waals surface area contributed by atoms with Crippen LogP contribution in [0.5, 0.6) is 5.75 Å². The fourth-order valence-corrected chi connectivity index (χ4v) is 9.44. The number of alkyl halides is 3. The normalized spacial score (nSPS) is 23.9. The topological polar surface area (TPSA) is 107 Å².